The van der Waals surface area contributed by atoms with Gasteiger partial charge in [-0.05, 0) is 129 Å². The zero-order valence-corrected chi connectivity index (χ0v) is 31.1. The molecule has 0 amide bonds. The fourth-order valence-electron chi connectivity index (χ4n) is 8.46. The molecule has 0 saturated carbocycles. The predicted octanol–water partition coefficient (Wildman–Crippen LogP) is 13.3. The summed E-state index contributed by atoms with van der Waals surface area (Å²) in [4.78, 5) is 26.0. The van der Waals surface area contributed by atoms with E-state index < -0.39 is 11.9 Å². The summed E-state index contributed by atoms with van der Waals surface area (Å²) < 4.78 is 2.31. The maximum absolute atomic E-state index is 11.9. The maximum atomic E-state index is 11.9. The molecule has 9 aromatic carbocycles. The van der Waals surface area contributed by atoms with Gasteiger partial charge in [-0.2, -0.15) is 0 Å². The summed E-state index contributed by atoms with van der Waals surface area (Å²) in [6, 6.07) is 64.8. The van der Waals surface area contributed by atoms with Crippen molar-refractivity contribution in [2.45, 2.75) is 0 Å². The lowest BCUT2D eigenvalue weighted by atomic mass is 9.85. The van der Waals surface area contributed by atoms with Crippen molar-refractivity contribution in [2.24, 2.45) is 0 Å². The van der Waals surface area contributed by atoms with Gasteiger partial charge in [-0.25, -0.2) is 9.59 Å². The molecule has 0 fully saturated rings. The van der Waals surface area contributed by atoms with E-state index >= 15 is 0 Å². The van der Waals surface area contributed by atoms with E-state index in [0.29, 0.717) is 0 Å². The lowest BCUT2D eigenvalue weighted by Gasteiger charge is -2.27. The molecule has 0 spiro atoms. The number of hydrogen-bond acceptors (Lipinski definition) is 3. The molecule has 58 heavy (non-hydrogen) atoms. The van der Waals surface area contributed by atoms with E-state index in [1.807, 2.05) is 54.6 Å². The van der Waals surface area contributed by atoms with E-state index in [-0.39, 0.29) is 11.1 Å². The number of carboxylic acids is 2. The summed E-state index contributed by atoms with van der Waals surface area (Å²) in [6.07, 6.45) is 0. The number of fused-ring (bicyclic) bond motifs is 5. The molecule has 1 aromatic heterocycles. The third-order valence-corrected chi connectivity index (χ3v) is 11.1. The fourth-order valence-corrected chi connectivity index (χ4v) is 8.46. The Morgan fingerprint density at radius 1 is 0.379 bits per heavy atom. The predicted molar refractivity (Wildman–Crippen MR) is 235 cm³/mol. The molecule has 6 heteroatoms. The molecule has 2 N–H and O–H groups in total. The van der Waals surface area contributed by atoms with E-state index in [4.69, 9.17) is 0 Å². The van der Waals surface area contributed by atoms with E-state index in [0.717, 1.165) is 77.6 Å². The second-order valence-corrected chi connectivity index (χ2v) is 14.3. The Bertz CT molecular complexity index is 3150. The van der Waals surface area contributed by atoms with Crippen molar-refractivity contribution in [3.8, 4) is 27.9 Å². The second kappa shape index (κ2) is 14.0. The third-order valence-electron chi connectivity index (χ3n) is 11.1. The molecule has 0 atom stereocenters. The SMILES string of the molecule is O=C(O)c1ccc(-c2c3ccccc3c(-c3ccc(C(=O)O)cc3)c3cc(N(c4ccccc4)c4ccc(-n5c6ccccc6c6ccccc65)cc4)ccc23)cc1. The maximum Gasteiger partial charge on any atom is 0.335 e. The summed E-state index contributed by atoms with van der Waals surface area (Å²) in [6.45, 7) is 0. The Hall–Kier alpha value is -7.96. The number of carbonyl (C=O) groups is 2. The Kier molecular flexibility index (Phi) is 8.31. The van der Waals surface area contributed by atoms with Gasteiger partial charge in [0.1, 0.15) is 0 Å². The summed E-state index contributed by atoms with van der Waals surface area (Å²) >= 11 is 0. The molecule has 10 rings (SSSR count). The van der Waals surface area contributed by atoms with Crippen LogP contribution in [-0.4, -0.2) is 26.7 Å². The zero-order valence-electron chi connectivity index (χ0n) is 31.1. The van der Waals surface area contributed by atoms with Crippen LogP contribution in [0, 0.1) is 0 Å². The van der Waals surface area contributed by atoms with Crippen molar-refractivity contribution in [3.05, 3.63) is 205 Å². The first-order valence-corrected chi connectivity index (χ1v) is 19.0. The van der Waals surface area contributed by atoms with Crippen molar-refractivity contribution in [1.82, 2.24) is 4.57 Å². The minimum absolute atomic E-state index is 0.216. The number of para-hydroxylation sites is 3. The van der Waals surface area contributed by atoms with Crippen LogP contribution in [0.15, 0.2) is 194 Å². The standard InChI is InChI=1S/C52H34N2O4/c55-51(56)35-22-18-33(19-23-35)49-43-14-4-5-15-44(43)50(34-20-24-36(25-21-34)52(57)58)46-32-40(30-31-45(46)49)53(37-10-2-1-3-11-37)38-26-28-39(29-27-38)54-47-16-8-6-12-41(47)42-13-7-9-17-48(42)54/h1-32H,(H,55,56)(H,57,58). The molecule has 0 unspecified atom stereocenters. The quantitative estimate of drug-likeness (QED) is 0.151. The largest absolute Gasteiger partial charge is 0.478 e. The lowest BCUT2D eigenvalue weighted by Crippen LogP contribution is -2.10. The van der Waals surface area contributed by atoms with Gasteiger partial charge in [-0.3, -0.25) is 0 Å². The molecular formula is C52H34N2O4. The van der Waals surface area contributed by atoms with E-state index in [2.05, 4.69) is 125 Å². The van der Waals surface area contributed by atoms with Crippen molar-refractivity contribution in [3.63, 3.8) is 0 Å². The Morgan fingerprint density at radius 3 is 1.31 bits per heavy atom. The topological polar surface area (TPSA) is 82.8 Å². The number of aromatic nitrogens is 1. The highest BCUT2D eigenvalue weighted by Crippen LogP contribution is 2.46. The molecule has 10 aromatic rings. The van der Waals surface area contributed by atoms with Gasteiger partial charge in [0.15, 0.2) is 0 Å². The van der Waals surface area contributed by atoms with Crippen LogP contribution >= 0.6 is 0 Å². The first-order valence-electron chi connectivity index (χ1n) is 19.0. The van der Waals surface area contributed by atoms with E-state index in [1.165, 1.54) is 10.8 Å². The molecule has 0 aliphatic heterocycles. The van der Waals surface area contributed by atoms with Crippen LogP contribution in [0.25, 0.3) is 71.3 Å². The lowest BCUT2D eigenvalue weighted by molar-refractivity contribution is 0.0686. The number of benzene rings is 9. The van der Waals surface area contributed by atoms with Crippen LogP contribution in [0.2, 0.25) is 0 Å². The highest BCUT2D eigenvalue weighted by molar-refractivity contribution is 6.22. The Labute approximate surface area is 333 Å². The van der Waals surface area contributed by atoms with Gasteiger partial charge in [-0.15, -0.1) is 0 Å². The van der Waals surface area contributed by atoms with Crippen molar-refractivity contribution < 1.29 is 19.8 Å². The minimum atomic E-state index is -0.980. The molecule has 0 saturated heterocycles. The number of hydrogen-bond donors (Lipinski definition) is 2. The van der Waals surface area contributed by atoms with Gasteiger partial charge >= 0.3 is 11.9 Å². The number of aromatic carboxylic acids is 2. The van der Waals surface area contributed by atoms with E-state index in [9.17, 15) is 19.8 Å². The number of rotatable bonds is 8. The average molecular weight is 751 g/mol. The highest BCUT2D eigenvalue weighted by Gasteiger charge is 2.21. The van der Waals surface area contributed by atoms with Crippen molar-refractivity contribution in [1.29, 1.82) is 0 Å². The summed E-state index contributed by atoms with van der Waals surface area (Å²) in [7, 11) is 0. The van der Waals surface area contributed by atoms with E-state index in [1.54, 1.807) is 24.3 Å². The van der Waals surface area contributed by atoms with Crippen LogP contribution < -0.4 is 4.90 Å². The fraction of sp³-hybridized carbons (Fsp3) is 0. The zero-order chi connectivity index (χ0) is 39.3. The van der Waals surface area contributed by atoms with Gasteiger partial charge in [0.25, 0.3) is 0 Å². The van der Waals surface area contributed by atoms with Gasteiger partial charge in [0.05, 0.1) is 22.2 Å². The normalized spacial score (nSPS) is 11.4. The van der Waals surface area contributed by atoms with Crippen LogP contribution in [0.5, 0.6) is 0 Å². The molecule has 276 valence electrons. The van der Waals surface area contributed by atoms with Crippen LogP contribution in [0.1, 0.15) is 20.7 Å². The molecule has 0 bridgehead atoms. The van der Waals surface area contributed by atoms with Crippen LogP contribution in [0.4, 0.5) is 17.1 Å². The summed E-state index contributed by atoms with van der Waals surface area (Å²) in [5.74, 6) is -1.96. The third kappa shape index (κ3) is 5.74. The minimum Gasteiger partial charge on any atom is -0.478 e. The van der Waals surface area contributed by atoms with Crippen LogP contribution in [-0.2, 0) is 0 Å². The average Bonchev–Trinajstić information content (AvgIpc) is 3.61. The Balaban J connectivity index is 1.20. The molecule has 0 aliphatic rings. The molecule has 6 nitrogen and oxygen atoms in total. The van der Waals surface area contributed by atoms with Gasteiger partial charge in [-0.1, -0.05) is 109 Å². The smallest absolute Gasteiger partial charge is 0.335 e. The second-order valence-electron chi connectivity index (χ2n) is 14.3. The number of anilines is 3. The van der Waals surface area contributed by atoms with Gasteiger partial charge < -0.3 is 19.7 Å². The number of carboxylic acid groups (broad SMARTS) is 2. The summed E-state index contributed by atoms with van der Waals surface area (Å²) in [5.41, 5.74) is 10.4. The van der Waals surface area contributed by atoms with Gasteiger partial charge in [0, 0.05) is 33.5 Å². The molecule has 0 radical (unpaired) electrons. The monoisotopic (exact) mass is 750 g/mol. The van der Waals surface area contributed by atoms with Crippen molar-refractivity contribution in [2.75, 3.05) is 4.90 Å². The first kappa shape index (κ1) is 34.5. The molecule has 0 aliphatic carbocycles. The van der Waals surface area contributed by atoms with Crippen molar-refractivity contribution >= 4 is 72.4 Å². The first-order chi connectivity index (χ1) is 28.4. The molecular weight excluding hydrogens is 717 g/mol. The highest BCUT2D eigenvalue weighted by atomic mass is 16.4. The van der Waals surface area contributed by atoms with Crippen LogP contribution in [0.3, 0.4) is 0 Å². The Morgan fingerprint density at radius 2 is 0.793 bits per heavy atom. The summed E-state index contributed by atoms with van der Waals surface area (Å²) in [5, 5.41) is 25.8. The number of nitrogens with zero attached hydrogens (tertiary/aromatic N) is 2. The molecule has 1 heterocycles. The van der Waals surface area contributed by atoms with Gasteiger partial charge in [0.2, 0.25) is 0 Å².